The number of hydrogen-bond donors (Lipinski definition) is 0. The molecule has 0 saturated carbocycles. The Morgan fingerprint density at radius 2 is 1.32 bits per heavy atom. The van der Waals surface area contributed by atoms with Gasteiger partial charge in [0.1, 0.15) is 0 Å². The van der Waals surface area contributed by atoms with E-state index in [2.05, 4.69) is 0 Å². The summed E-state index contributed by atoms with van der Waals surface area (Å²) in [5.74, 6) is -8.90. The fourth-order valence-corrected chi connectivity index (χ4v) is 2.97. The van der Waals surface area contributed by atoms with E-state index < -0.39 is 48.5 Å². The third kappa shape index (κ3) is 4.21. The molecule has 0 radical (unpaired) electrons. The van der Waals surface area contributed by atoms with Gasteiger partial charge in [0.25, 0.3) is 0 Å². The van der Waals surface area contributed by atoms with E-state index in [0.717, 1.165) is 0 Å². The number of benzene rings is 2. The lowest BCUT2D eigenvalue weighted by molar-refractivity contribution is -0.367. The van der Waals surface area contributed by atoms with Crippen LogP contribution in [0.3, 0.4) is 0 Å². The standard InChI is InChI=1S/C20H17F5O3/c21-19(22,20(23,24)25)18(17(27)28,13-14-7-3-1-4-8-14)12-11-16(26)15-9-5-2-6-10-15/h1-10H,11-13H2,(H,27,28)/p-1. The van der Waals surface area contributed by atoms with Gasteiger partial charge in [-0.2, -0.15) is 22.0 Å². The lowest BCUT2D eigenvalue weighted by atomic mass is 9.71. The Bertz CT molecular complexity index is 819. The maximum absolute atomic E-state index is 14.4. The third-order valence-electron chi connectivity index (χ3n) is 4.57. The van der Waals surface area contributed by atoms with Crippen LogP contribution in [0.25, 0.3) is 0 Å². The number of carbonyl (C=O) groups is 2. The minimum absolute atomic E-state index is 0.0391. The summed E-state index contributed by atoms with van der Waals surface area (Å²) in [4.78, 5) is 23.9. The van der Waals surface area contributed by atoms with Crippen LogP contribution < -0.4 is 5.11 Å². The van der Waals surface area contributed by atoms with Crippen molar-refractivity contribution in [3.63, 3.8) is 0 Å². The van der Waals surface area contributed by atoms with Crippen molar-refractivity contribution >= 4 is 11.8 Å². The van der Waals surface area contributed by atoms with E-state index in [9.17, 15) is 36.6 Å². The van der Waals surface area contributed by atoms with Gasteiger partial charge in [0, 0.05) is 12.0 Å². The fraction of sp³-hybridized carbons (Fsp3) is 0.300. The molecule has 0 fully saturated rings. The molecule has 0 aliphatic rings. The van der Waals surface area contributed by atoms with Gasteiger partial charge in [0.15, 0.2) is 5.78 Å². The first-order chi connectivity index (χ1) is 13.0. The van der Waals surface area contributed by atoms with Crippen LogP contribution in [0.2, 0.25) is 0 Å². The lowest BCUT2D eigenvalue weighted by Gasteiger charge is -2.42. The second kappa shape index (κ2) is 8.08. The van der Waals surface area contributed by atoms with Gasteiger partial charge in [0.2, 0.25) is 0 Å². The van der Waals surface area contributed by atoms with Crippen molar-refractivity contribution in [2.75, 3.05) is 0 Å². The highest BCUT2D eigenvalue weighted by molar-refractivity contribution is 5.96. The van der Waals surface area contributed by atoms with Crippen LogP contribution in [0.15, 0.2) is 60.7 Å². The van der Waals surface area contributed by atoms with Crippen molar-refractivity contribution in [3.05, 3.63) is 71.8 Å². The van der Waals surface area contributed by atoms with Crippen molar-refractivity contribution < 1.29 is 36.6 Å². The van der Waals surface area contributed by atoms with Crippen LogP contribution in [-0.4, -0.2) is 23.9 Å². The molecule has 2 rings (SSSR count). The van der Waals surface area contributed by atoms with Crippen LogP contribution in [0.5, 0.6) is 0 Å². The molecule has 0 amide bonds. The van der Waals surface area contributed by atoms with Crippen molar-refractivity contribution in [3.8, 4) is 0 Å². The van der Waals surface area contributed by atoms with E-state index >= 15 is 0 Å². The largest absolute Gasteiger partial charge is 0.549 e. The molecule has 150 valence electrons. The molecular weight excluding hydrogens is 383 g/mol. The number of carbonyl (C=O) groups excluding carboxylic acids is 2. The summed E-state index contributed by atoms with van der Waals surface area (Å²) in [5, 5.41) is 11.7. The predicted octanol–water partition coefficient (Wildman–Crippen LogP) is 3.83. The smallest absolute Gasteiger partial charge is 0.454 e. The van der Waals surface area contributed by atoms with Crippen molar-refractivity contribution in [2.24, 2.45) is 5.41 Å². The number of carboxylic acids is 1. The molecule has 0 heterocycles. The molecule has 1 unspecified atom stereocenters. The Balaban J connectivity index is 2.44. The molecule has 8 heteroatoms. The van der Waals surface area contributed by atoms with E-state index in [1.807, 2.05) is 0 Å². The molecule has 0 aliphatic heterocycles. The SMILES string of the molecule is O=C(CCC(Cc1ccccc1)(C(=O)[O-])C(F)(F)C(F)(F)F)c1ccccc1. The maximum atomic E-state index is 14.4. The summed E-state index contributed by atoms with van der Waals surface area (Å²) in [6.07, 6.45) is -9.30. The molecule has 0 aliphatic carbocycles. The Labute approximate surface area is 157 Å². The van der Waals surface area contributed by atoms with E-state index in [0.29, 0.717) is 0 Å². The quantitative estimate of drug-likeness (QED) is 0.501. The Kier molecular flexibility index (Phi) is 6.21. The zero-order chi connectivity index (χ0) is 21.0. The van der Waals surface area contributed by atoms with E-state index in [1.165, 1.54) is 54.6 Å². The molecular formula is C20H16F5O3-. The second-order valence-electron chi connectivity index (χ2n) is 6.39. The summed E-state index contributed by atoms with van der Waals surface area (Å²) >= 11 is 0. The van der Waals surface area contributed by atoms with Gasteiger partial charge in [-0.25, -0.2) is 0 Å². The minimum atomic E-state index is -6.13. The highest BCUT2D eigenvalue weighted by Gasteiger charge is 2.70. The first-order valence-corrected chi connectivity index (χ1v) is 8.29. The van der Waals surface area contributed by atoms with Crippen molar-refractivity contribution in [2.45, 2.75) is 31.4 Å². The first kappa shape index (κ1) is 21.5. The highest BCUT2D eigenvalue weighted by Crippen LogP contribution is 2.52. The number of ketones is 1. The van der Waals surface area contributed by atoms with Crippen LogP contribution in [0.4, 0.5) is 22.0 Å². The van der Waals surface area contributed by atoms with Gasteiger partial charge < -0.3 is 9.90 Å². The van der Waals surface area contributed by atoms with E-state index in [1.54, 1.807) is 6.07 Å². The number of halogens is 5. The van der Waals surface area contributed by atoms with Crippen molar-refractivity contribution in [1.29, 1.82) is 0 Å². The van der Waals surface area contributed by atoms with E-state index in [4.69, 9.17) is 0 Å². The van der Waals surface area contributed by atoms with Crippen LogP contribution in [-0.2, 0) is 11.2 Å². The number of aliphatic carboxylic acids is 1. The normalized spacial score (nSPS) is 14.3. The van der Waals surface area contributed by atoms with Gasteiger partial charge in [-0.15, -0.1) is 0 Å². The molecule has 28 heavy (non-hydrogen) atoms. The van der Waals surface area contributed by atoms with Crippen LogP contribution >= 0.6 is 0 Å². The van der Waals surface area contributed by atoms with Crippen molar-refractivity contribution in [1.82, 2.24) is 0 Å². The zero-order valence-corrected chi connectivity index (χ0v) is 14.5. The van der Waals surface area contributed by atoms with Crippen LogP contribution in [0, 0.1) is 5.41 Å². The maximum Gasteiger partial charge on any atom is 0.454 e. The number of carboxylic acid groups (broad SMARTS) is 1. The molecule has 0 spiro atoms. The number of rotatable bonds is 8. The van der Waals surface area contributed by atoms with Crippen LogP contribution in [0.1, 0.15) is 28.8 Å². The summed E-state index contributed by atoms with van der Waals surface area (Å²) in [5.41, 5.74) is -3.58. The Hall–Kier alpha value is -2.77. The summed E-state index contributed by atoms with van der Waals surface area (Å²) < 4.78 is 68.1. The average Bonchev–Trinajstić information content (AvgIpc) is 2.65. The average molecular weight is 399 g/mol. The molecule has 0 bridgehead atoms. The molecule has 2 aromatic carbocycles. The van der Waals surface area contributed by atoms with Gasteiger partial charge in [-0.3, -0.25) is 4.79 Å². The molecule has 3 nitrogen and oxygen atoms in total. The molecule has 1 atom stereocenters. The van der Waals surface area contributed by atoms with Gasteiger partial charge in [-0.1, -0.05) is 60.7 Å². The lowest BCUT2D eigenvalue weighted by Crippen LogP contribution is -2.61. The fourth-order valence-electron chi connectivity index (χ4n) is 2.97. The molecule has 0 saturated heterocycles. The number of Topliss-reactive ketones (excluding diaryl/α,β-unsaturated/α-hetero) is 1. The summed E-state index contributed by atoms with van der Waals surface area (Å²) in [7, 11) is 0. The monoisotopic (exact) mass is 399 g/mol. The predicted molar refractivity (Wildman–Crippen MR) is 88.6 cm³/mol. The third-order valence-corrected chi connectivity index (χ3v) is 4.57. The minimum Gasteiger partial charge on any atom is -0.549 e. The molecule has 0 N–H and O–H groups in total. The number of hydrogen-bond acceptors (Lipinski definition) is 3. The zero-order valence-electron chi connectivity index (χ0n) is 14.5. The topological polar surface area (TPSA) is 57.2 Å². The van der Waals surface area contributed by atoms with E-state index in [-0.39, 0.29) is 11.1 Å². The van der Waals surface area contributed by atoms with Gasteiger partial charge in [-0.05, 0) is 18.4 Å². The van der Waals surface area contributed by atoms with Gasteiger partial charge >= 0.3 is 12.1 Å². The molecule has 2 aromatic rings. The summed E-state index contributed by atoms with van der Waals surface area (Å²) in [6, 6.07) is 14.1. The first-order valence-electron chi connectivity index (χ1n) is 8.29. The summed E-state index contributed by atoms with van der Waals surface area (Å²) in [6.45, 7) is 0. The Morgan fingerprint density at radius 3 is 1.79 bits per heavy atom. The van der Waals surface area contributed by atoms with Gasteiger partial charge in [0.05, 0.1) is 11.4 Å². The Morgan fingerprint density at radius 1 is 0.821 bits per heavy atom. The second-order valence-corrected chi connectivity index (χ2v) is 6.39. The molecule has 0 aromatic heterocycles. The number of alkyl halides is 5. The highest BCUT2D eigenvalue weighted by atomic mass is 19.4.